The van der Waals surface area contributed by atoms with Gasteiger partial charge >= 0.3 is 0 Å². The predicted octanol–water partition coefficient (Wildman–Crippen LogP) is 3.13. The van der Waals surface area contributed by atoms with E-state index in [1.165, 1.54) is 0 Å². The fraction of sp³-hybridized carbons (Fsp3) is 0.0833. The van der Waals surface area contributed by atoms with Crippen LogP contribution in [0.4, 0.5) is 5.82 Å². The first-order valence-corrected chi connectivity index (χ1v) is 5.69. The lowest BCUT2D eigenvalue weighted by Crippen LogP contribution is -1.98. The van der Waals surface area contributed by atoms with Gasteiger partial charge in [-0.1, -0.05) is 29.3 Å². The third kappa shape index (κ3) is 2.52. The van der Waals surface area contributed by atoms with Gasteiger partial charge in [-0.05, 0) is 29.8 Å². The van der Waals surface area contributed by atoms with Gasteiger partial charge in [0.15, 0.2) is 0 Å². The number of hydrogen-bond donors (Lipinski definition) is 2. The van der Waals surface area contributed by atoms with Crippen LogP contribution in [-0.2, 0) is 6.61 Å². The fourth-order valence-electron chi connectivity index (χ4n) is 1.57. The van der Waals surface area contributed by atoms with Crippen LogP contribution in [0.2, 0.25) is 10.0 Å². The number of aliphatic hydroxyl groups excluding tert-OH is 1. The minimum atomic E-state index is -0.180. The van der Waals surface area contributed by atoms with Crippen LogP contribution < -0.4 is 5.73 Å². The van der Waals surface area contributed by atoms with Gasteiger partial charge in [0, 0.05) is 5.56 Å². The summed E-state index contributed by atoms with van der Waals surface area (Å²) in [5.74, 6) is 0.373. The summed E-state index contributed by atoms with van der Waals surface area (Å²) in [4.78, 5) is 4.07. The van der Waals surface area contributed by atoms with E-state index >= 15 is 0 Å². The summed E-state index contributed by atoms with van der Waals surface area (Å²) in [6.07, 6.45) is 0. The molecule has 0 fully saturated rings. The highest BCUT2D eigenvalue weighted by molar-refractivity contribution is 6.42. The van der Waals surface area contributed by atoms with E-state index in [1.807, 2.05) is 6.07 Å². The second-order valence-electron chi connectivity index (χ2n) is 3.52. The normalized spacial score (nSPS) is 10.5. The van der Waals surface area contributed by atoms with Crippen LogP contribution >= 0.6 is 23.2 Å². The van der Waals surface area contributed by atoms with E-state index in [2.05, 4.69) is 4.98 Å². The minimum absolute atomic E-state index is 0.180. The summed E-state index contributed by atoms with van der Waals surface area (Å²) >= 11 is 11.8. The maximum absolute atomic E-state index is 9.25. The molecule has 0 aliphatic rings. The molecule has 1 aromatic carbocycles. The van der Waals surface area contributed by atoms with E-state index in [1.54, 1.807) is 24.3 Å². The van der Waals surface area contributed by atoms with Crippen molar-refractivity contribution in [2.45, 2.75) is 6.61 Å². The first-order chi connectivity index (χ1) is 8.11. The van der Waals surface area contributed by atoms with Crippen molar-refractivity contribution in [2.75, 3.05) is 5.73 Å². The van der Waals surface area contributed by atoms with Crippen LogP contribution in [0.15, 0.2) is 30.3 Å². The van der Waals surface area contributed by atoms with Gasteiger partial charge in [0.2, 0.25) is 0 Å². The van der Waals surface area contributed by atoms with Crippen molar-refractivity contribution < 1.29 is 5.11 Å². The zero-order chi connectivity index (χ0) is 12.4. The lowest BCUT2D eigenvalue weighted by atomic mass is 10.0. The van der Waals surface area contributed by atoms with Crippen molar-refractivity contribution in [3.8, 4) is 11.1 Å². The van der Waals surface area contributed by atoms with Crippen molar-refractivity contribution >= 4 is 29.0 Å². The number of halogens is 2. The Hall–Kier alpha value is -1.29. The average molecular weight is 269 g/mol. The van der Waals surface area contributed by atoms with Crippen LogP contribution in [0.1, 0.15) is 5.69 Å². The molecule has 0 amide bonds. The predicted molar refractivity (Wildman–Crippen MR) is 70.0 cm³/mol. The van der Waals surface area contributed by atoms with Crippen LogP contribution in [0.5, 0.6) is 0 Å². The second kappa shape index (κ2) is 4.92. The standard InChI is InChI=1S/C12H10Cl2N2O/c13-9-3-1-7(5-10(9)14)8-2-4-12(15)16-11(8)6-17/h1-5,17H,6H2,(H2,15,16). The third-order valence-electron chi connectivity index (χ3n) is 2.38. The molecule has 2 rings (SSSR count). The van der Waals surface area contributed by atoms with Crippen molar-refractivity contribution in [1.29, 1.82) is 0 Å². The Morgan fingerprint density at radius 1 is 1.12 bits per heavy atom. The molecule has 0 saturated carbocycles. The molecule has 0 aliphatic heterocycles. The minimum Gasteiger partial charge on any atom is -0.390 e. The summed E-state index contributed by atoms with van der Waals surface area (Å²) < 4.78 is 0. The molecule has 5 heteroatoms. The van der Waals surface area contributed by atoms with E-state index in [9.17, 15) is 5.11 Å². The molecule has 0 radical (unpaired) electrons. The Morgan fingerprint density at radius 2 is 1.88 bits per heavy atom. The summed E-state index contributed by atoms with van der Waals surface area (Å²) in [6.45, 7) is -0.180. The maximum atomic E-state index is 9.25. The van der Waals surface area contributed by atoms with Crippen molar-refractivity contribution in [3.63, 3.8) is 0 Å². The summed E-state index contributed by atoms with van der Waals surface area (Å²) in [5.41, 5.74) is 7.72. The summed E-state index contributed by atoms with van der Waals surface area (Å²) in [7, 11) is 0. The SMILES string of the molecule is Nc1ccc(-c2ccc(Cl)c(Cl)c2)c(CO)n1. The molecule has 2 aromatic rings. The smallest absolute Gasteiger partial charge is 0.123 e. The number of aliphatic hydroxyl groups is 1. The topological polar surface area (TPSA) is 59.1 Å². The van der Waals surface area contributed by atoms with Gasteiger partial charge in [0.25, 0.3) is 0 Å². The van der Waals surface area contributed by atoms with E-state index in [-0.39, 0.29) is 6.61 Å². The largest absolute Gasteiger partial charge is 0.390 e. The Kier molecular flexibility index (Phi) is 3.52. The zero-order valence-electron chi connectivity index (χ0n) is 8.82. The molecule has 1 aromatic heterocycles. The van der Waals surface area contributed by atoms with E-state index in [0.29, 0.717) is 21.6 Å². The van der Waals surface area contributed by atoms with Gasteiger partial charge in [-0.2, -0.15) is 0 Å². The lowest BCUT2D eigenvalue weighted by molar-refractivity contribution is 0.277. The maximum Gasteiger partial charge on any atom is 0.123 e. The molecule has 0 aliphatic carbocycles. The highest BCUT2D eigenvalue weighted by atomic mass is 35.5. The number of anilines is 1. The number of hydrogen-bond acceptors (Lipinski definition) is 3. The Bertz CT molecular complexity index is 558. The molecular formula is C12H10Cl2N2O. The Morgan fingerprint density at radius 3 is 2.53 bits per heavy atom. The van der Waals surface area contributed by atoms with Crippen molar-refractivity contribution in [2.24, 2.45) is 0 Å². The number of nitrogens with two attached hydrogens (primary N) is 1. The molecular weight excluding hydrogens is 259 g/mol. The first-order valence-electron chi connectivity index (χ1n) is 4.93. The highest BCUT2D eigenvalue weighted by Gasteiger charge is 2.08. The van der Waals surface area contributed by atoms with Gasteiger partial charge in [-0.15, -0.1) is 0 Å². The molecule has 3 N–H and O–H groups in total. The monoisotopic (exact) mass is 268 g/mol. The number of aromatic nitrogens is 1. The van der Waals surface area contributed by atoms with Gasteiger partial charge in [0.05, 0.1) is 22.3 Å². The van der Waals surface area contributed by atoms with Crippen LogP contribution in [0.3, 0.4) is 0 Å². The fourth-order valence-corrected chi connectivity index (χ4v) is 1.86. The van der Waals surface area contributed by atoms with Crippen LogP contribution in [0, 0.1) is 0 Å². The first kappa shape index (κ1) is 12.2. The molecule has 1 heterocycles. The highest BCUT2D eigenvalue weighted by Crippen LogP contribution is 2.30. The van der Waals surface area contributed by atoms with Crippen LogP contribution in [-0.4, -0.2) is 10.1 Å². The van der Waals surface area contributed by atoms with E-state index < -0.39 is 0 Å². The lowest BCUT2D eigenvalue weighted by Gasteiger charge is -2.08. The number of nitrogens with zero attached hydrogens (tertiary/aromatic N) is 1. The molecule has 0 unspecified atom stereocenters. The number of pyridine rings is 1. The van der Waals surface area contributed by atoms with Crippen LogP contribution in [0.25, 0.3) is 11.1 Å². The molecule has 88 valence electrons. The van der Waals surface area contributed by atoms with Gasteiger partial charge in [0.1, 0.15) is 5.82 Å². The van der Waals surface area contributed by atoms with E-state index in [0.717, 1.165) is 11.1 Å². The summed E-state index contributed by atoms with van der Waals surface area (Å²) in [6, 6.07) is 8.73. The number of nitrogen functional groups attached to an aromatic ring is 1. The van der Waals surface area contributed by atoms with Crippen molar-refractivity contribution in [3.05, 3.63) is 46.1 Å². The van der Waals surface area contributed by atoms with Gasteiger partial charge < -0.3 is 10.8 Å². The zero-order valence-corrected chi connectivity index (χ0v) is 10.3. The van der Waals surface area contributed by atoms with Gasteiger partial charge in [-0.25, -0.2) is 4.98 Å². The molecule has 0 saturated heterocycles. The quantitative estimate of drug-likeness (QED) is 0.880. The average Bonchev–Trinajstić information content (AvgIpc) is 2.32. The summed E-state index contributed by atoms with van der Waals surface area (Å²) in [5, 5.41) is 10.2. The molecule has 17 heavy (non-hydrogen) atoms. The second-order valence-corrected chi connectivity index (χ2v) is 4.33. The van der Waals surface area contributed by atoms with Gasteiger partial charge in [-0.3, -0.25) is 0 Å². The Balaban J connectivity index is 2.55. The molecule has 0 spiro atoms. The number of rotatable bonds is 2. The van der Waals surface area contributed by atoms with Crippen molar-refractivity contribution in [1.82, 2.24) is 4.98 Å². The Labute approximate surface area is 109 Å². The molecule has 0 atom stereocenters. The molecule has 3 nitrogen and oxygen atoms in total. The third-order valence-corrected chi connectivity index (χ3v) is 3.12. The molecule has 0 bridgehead atoms. The number of benzene rings is 1. The van der Waals surface area contributed by atoms with E-state index in [4.69, 9.17) is 28.9 Å².